The second-order valence-corrected chi connectivity index (χ2v) is 4.60. The van der Waals surface area contributed by atoms with Gasteiger partial charge in [0.25, 0.3) is 0 Å². The number of aromatic nitrogens is 1. The highest BCUT2D eigenvalue weighted by Gasteiger charge is 2.18. The Hall–Kier alpha value is -0.640. The summed E-state index contributed by atoms with van der Waals surface area (Å²) in [6.45, 7) is 0.893. The van der Waals surface area contributed by atoms with E-state index in [0.29, 0.717) is 11.1 Å². The highest BCUT2D eigenvalue weighted by atomic mass is 35.5. The van der Waals surface area contributed by atoms with Crippen LogP contribution in [0.5, 0.6) is 0 Å². The van der Waals surface area contributed by atoms with Crippen molar-refractivity contribution in [2.45, 2.75) is 37.8 Å². The number of rotatable bonds is 4. The van der Waals surface area contributed by atoms with Crippen molar-refractivity contribution in [1.82, 2.24) is 4.98 Å². The lowest BCUT2D eigenvalue weighted by Crippen LogP contribution is -2.16. The van der Waals surface area contributed by atoms with Crippen LogP contribution < -0.4 is 5.73 Å². The van der Waals surface area contributed by atoms with Gasteiger partial charge in [-0.05, 0) is 37.8 Å². The molecule has 0 aromatic carbocycles. The summed E-state index contributed by atoms with van der Waals surface area (Å²) in [5.74, 6) is 0. The largest absolute Gasteiger partial charge is 0.378 e. The number of halogens is 1. The minimum atomic E-state index is -0.0853. The molecule has 0 bridgehead atoms. The summed E-state index contributed by atoms with van der Waals surface area (Å²) in [7, 11) is 0. The van der Waals surface area contributed by atoms with Crippen molar-refractivity contribution >= 4 is 11.6 Å². The lowest BCUT2D eigenvalue weighted by molar-refractivity contribution is 0.101. The fourth-order valence-corrected chi connectivity index (χ4v) is 2.31. The number of hydrogen-bond donors (Lipinski definition) is 1. The summed E-state index contributed by atoms with van der Waals surface area (Å²) < 4.78 is 5.56. The quantitative estimate of drug-likeness (QED) is 0.880. The Morgan fingerprint density at radius 1 is 1.62 bits per heavy atom. The monoisotopic (exact) mass is 240 g/mol. The van der Waals surface area contributed by atoms with Crippen LogP contribution in [0, 0.1) is 0 Å². The molecular formula is C12H17ClN2O. The van der Waals surface area contributed by atoms with Crippen molar-refractivity contribution in [3.63, 3.8) is 0 Å². The normalized spacial score (nSPS) is 22.2. The summed E-state index contributed by atoms with van der Waals surface area (Å²) in [5, 5.41) is 0.655. The van der Waals surface area contributed by atoms with E-state index in [0.717, 1.165) is 31.6 Å². The molecule has 0 spiro atoms. The number of nitrogens with two attached hydrogens (primary N) is 1. The Morgan fingerprint density at radius 3 is 3.19 bits per heavy atom. The van der Waals surface area contributed by atoms with Gasteiger partial charge in [-0.3, -0.25) is 4.98 Å². The highest BCUT2D eigenvalue weighted by molar-refractivity contribution is 6.31. The smallest absolute Gasteiger partial charge is 0.0756 e. The van der Waals surface area contributed by atoms with Gasteiger partial charge >= 0.3 is 0 Å². The van der Waals surface area contributed by atoms with Crippen molar-refractivity contribution < 1.29 is 4.74 Å². The van der Waals surface area contributed by atoms with Crippen molar-refractivity contribution in [2.75, 3.05) is 6.61 Å². The molecular weight excluding hydrogens is 224 g/mol. The number of ether oxygens (including phenoxy) is 1. The summed E-state index contributed by atoms with van der Waals surface area (Å²) >= 11 is 6.04. The van der Waals surface area contributed by atoms with E-state index < -0.39 is 0 Å². The molecule has 2 heterocycles. The third-order valence-corrected chi connectivity index (χ3v) is 3.28. The molecule has 16 heavy (non-hydrogen) atoms. The molecule has 1 fully saturated rings. The Bertz CT molecular complexity index is 340. The van der Waals surface area contributed by atoms with Gasteiger partial charge in [0.15, 0.2) is 0 Å². The zero-order valence-electron chi connectivity index (χ0n) is 9.23. The van der Waals surface area contributed by atoms with Crippen LogP contribution in [0.2, 0.25) is 5.02 Å². The number of pyridine rings is 1. The first kappa shape index (κ1) is 11.8. The van der Waals surface area contributed by atoms with Gasteiger partial charge in [-0.1, -0.05) is 11.6 Å². The molecule has 1 aromatic rings. The summed E-state index contributed by atoms with van der Waals surface area (Å²) in [5.41, 5.74) is 6.87. The van der Waals surface area contributed by atoms with E-state index in [9.17, 15) is 0 Å². The predicted octanol–water partition coefficient (Wildman–Crippen LogP) is 2.69. The van der Waals surface area contributed by atoms with Crippen molar-refractivity contribution in [3.8, 4) is 0 Å². The molecule has 2 rings (SSSR count). The first-order valence-electron chi connectivity index (χ1n) is 5.75. The molecule has 0 amide bonds. The van der Waals surface area contributed by atoms with Gasteiger partial charge in [0.2, 0.25) is 0 Å². The van der Waals surface area contributed by atoms with E-state index in [1.54, 1.807) is 6.20 Å². The Balaban J connectivity index is 1.87. The van der Waals surface area contributed by atoms with Gasteiger partial charge < -0.3 is 10.5 Å². The van der Waals surface area contributed by atoms with Crippen LogP contribution in [0.1, 0.15) is 37.4 Å². The average molecular weight is 241 g/mol. The Kier molecular flexibility index (Phi) is 4.16. The van der Waals surface area contributed by atoms with Crippen LogP contribution in [0.4, 0.5) is 0 Å². The van der Waals surface area contributed by atoms with Gasteiger partial charge in [-0.15, -0.1) is 0 Å². The van der Waals surface area contributed by atoms with Crippen molar-refractivity contribution in [2.24, 2.45) is 5.73 Å². The van der Waals surface area contributed by atoms with E-state index in [2.05, 4.69) is 4.98 Å². The maximum absolute atomic E-state index is 6.07. The van der Waals surface area contributed by atoms with E-state index in [1.165, 1.54) is 6.42 Å². The zero-order chi connectivity index (χ0) is 11.4. The minimum absolute atomic E-state index is 0.0853. The van der Waals surface area contributed by atoms with Crippen LogP contribution in [0.25, 0.3) is 0 Å². The van der Waals surface area contributed by atoms with Gasteiger partial charge in [0.1, 0.15) is 0 Å². The topological polar surface area (TPSA) is 48.1 Å². The standard InChI is InChI=1S/C12H17ClN2O/c13-10-4-1-7-15-12(10)11(14)6-5-9-3-2-8-16-9/h1,4,7,9,11H,2-3,5-6,8,14H2. The summed E-state index contributed by atoms with van der Waals surface area (Å²) in [6.07, 6.45) is 6.31. The molecule has 0 radical (unpaired) electrons. The third-order valence-electron chi connectivity index (χ3n) is 2.96. The number of nitrogens with zero attached hydrogens (tertiary/aromatic N) is 1. The van der Waals surface area contributed by atoms with Gasteiger partial charge in [0, 0.05) is 18.8 Å². The van der Waals surface area contributed by atoms with Crippen LogP contribution in [0.15, 0.2) is 18.3 Å². The minimum Gasteiger partial charge on any atom is -0.378 e. The fraction of sp³-hybridized carbons (Fsp3) is 0.583. The van der Waals surface area contributed by atoms with Crippen molar-refractivity contribution in [1.29, 1.82) is 0 Å². The average Bonchev–Trinajstić information content (AvgIpc) is 2.79. The second kappa shape index (κ2) is 5.62. The molecule has 88 valence electrons. The molecule has 1 aliphatic rings. The molecule has 2 unspecified atom stereocenters. The van der Waals surface area contributed by atoms with E-state index in [1.807, 2.05) is 12.1 Å². The molecule has 2 N–H and O–H groups in total. The van der Waals surface area contributed by atoms with E-state index >= 15 is 0 Å². The molecule has 0 aliphatic carbocycles. The first-order valence-corrected chi connectivity index (χ1v) is 6.13. The lowest BCUT2D eigenvalue weighted by Gasteiger charge is -2.15. The highest BCUT2D eigenvalue weighted by Crippen LogP contribution is 2.25. The van der Waals surface area contributed by atoms with Crippen molar-refractivity contribution in [3.05, 3.63) is 29.0 Å². The maximum Gasteiger partial charge on any atom is 0.0756 e. The maximum atomic E-state index is 6.07. The summed E-state index contributed by atoms with van der Waals surface area (Å²) in [4.78, 5) is 4.23. The molecule has 4 heteroatoms. The molecule has 1 saturated heterocycles. The Morgan fingerprint density at radius 2 is 2.50 bits per heavy atom. The molecule has 0 saturated carbocycles. The number of hydrogen-bond acceptors (Lipinski definition) is 3. The molecule has 1 aromatic heterocycles. The predicted molar refractivity (Wildman–Crippen MR) is 64.4 cm³/mol. The summed E-state index contributed by atoms with van der Waals surface area (Å²) in [6, 6.07) is 3.56. The van der Waals surface area contributed by atoms with E-state index in [4.69, 9.17) is 22.1 Å². The van der Waals surface area contributed by atoms with Crippen LogP contribution >= 0.6 is 11.6 Å². The van der Waals surface area contributed by atoms with Crippen LogP contribution in [-0.4, -0.2) is 17.7 Å². The first-order chi connectivity index (χ1) is 7.77. The SMILES string of the molecule is NC(CCC1CCCO1)c1ncccc1Cl. The van der Waals surface area contributed by atoms with Crippen LogP contribution in [0.3, 0.4) is 0 Å². The lowest BCUT2D eigenvalue weighted by atomic mass is 10.0. The fourth-order valence-electron chi connectivity index (χ4n) is 2.04. The molecule has 1 aliphatic heterocycles. The zero-order valence-corrected chi connectivity index (χ0v) is 9.99. The van der Waals surface area contributed by atoms with Crippen LogP contribution in [-0.2, 0) is 4.74 Å². The second-order valence-electron chi connectivity index (χ2n) is 4.19. The van der Waals surface area contributed by atoms with Gasteiger partial charge in [0.05, 0.1) is 16.8 Å². The molecule has 2 atom stereocenters. The van der Waals surface area contributed by atoms with Gasteiger partial charge in [-0.2, -0.15) is 0 Å². The Labute approximate surface area is 101 Å². The van der Waals surface area contributed by atoms with Gasteiger partial charge in [-0.25, -0.2) is 0 Å². The van der Waals surface area contributed by atoms with E-state index in [-0.39, 0.29) is 6.04 Å². The third kappa shape index (κ3) is 2.94. The molecule has 3 nitrogen and oxygen atoms in total.